The normalized spacial score (nSPS) is 12.7. The predicted molar refractivity (Wildman–Crippen MR) is 79.0 cm³/mol. The summed E-state index contributed by atoms with van der Waals surface area (Å²) in [6, 6.07) is 17.6. The molecule has 0 bridgehead atoms. The largest absolute Gasteiger partial charge is 0.458 e. The Morgan fingerprint density at radius 3 is 2.53 bits per heavy atom. The third-order valence-corrected chi connectivity index (χ3v) is 3.64. The van der Waals surface area contributed by atoms with Crippen LogP contribution in [0.15, 0.2) is 63.5 Å². The number of para-hydroxylation sites is 1. The topological polar surface area (TPSA) is 33.4 Å². The Morgan fingerprint density at radius 2 is 1.79 bits per heavy atom. The van der Waals surface area contributed by atoms with Gasteiger partial charge in [0.2, 0.25) is 0 Å². The average molecular weight is 317 g/mol. The number of furan rings is 1. The molecule has 0 amide bonds. The van der Waals surface area contributed by atoms with Gasteiger partial charge in [0.15, 0.2) is 0 Å². The Bertz CT molecular complexity index is 652. The zero-order valence-electron chi connectivity index (χ0n) is 10.2. The first-order chi connectivity index (χ1) is 9.22. The molecule has 3 heteroatoms. The van der Waals surface area contributed by atoms with Crippen molar-refractivity contribution in [1.82, 2.24) is 0 Å². The molecule has 0 aliphatic rings. The highest BCUT2D eigenvalue weighted by atomic mass is 79.9. The first-order valence-corrected chi connectivity index (χ1v) is 6.92. The molecule has 1 atom stereocenters. The highest BCUT2D eigenvalue weighted by Crippen LogP contribution is 2.26. The molecule has 0 saturated heterocycles. The minimum Gasteiger partial charge on any atom is -0.458 e. The lowest BCUT2D eigenvalue weighted by Gasteiger charge is -2.07. The van der Waals surface area contributed by atoms with E-state index in [0.29, 0.717) is 12.2 Å². The fourth-order valence-corrected chi connectivity index (χ4v) is 2.38. The molecular weight excluding hydrogens is 304 g/mol. The maximum Gasteiger partial charge on any atom is 0.134 e. The molecule has 1 heterocycles. The number of aliphatic hydroxyl groups is 1. The lowest BCUT2D eigenvalue weighted by molar-refractivity contribution is 0.152. The smallest absolute Gasteiger partial charge is 0.134 e. The van der Waals surface area contributed by atoms with Gasteiger partial charge >= 0.3 is 0 Å². The van der Waals surface area contributed by atoms with Crippen LogP contribution in [0.5, 0.6) is 0 Å². The van der Waals surface area contributed by atoms with Crippen LogP contribution in [-0.4, -0.2) is 5.11 Å². The highest BCUT2D eigenvalue weighted by Gasteiger charge is 2.13. The van der Waals surface area contributed by atoms with Crippen LogP contribution >= 0.6 is 15.9 Å². The summed E-state index contributed by atoms with van der Waals surface area (Å²) in [4.78, 5) is 0. The van der Waals surface area contributed by atoms with E-state index in [2.05, 4.69) is 15.9 Å². The van der Waals surface area contributed by atoms with Crippen LogP contribution in [0.4, 0.5) is 0 Å². The molecule has 0 saturated carbocycles. The first-order valence-electron chi connectivity index (χ1n) is 6.13. The van der Waals surface area contributed by atoms with Gasteiger partial charge in [0.25, 0.3) is 0 Å². The van der Waals surface area contributed by atoms with Crippen LogP contribution in [0, 0.1) is 0 Å². The fourth-order valence-electron chi connectivity index (χ4n) is 2.11. The van der Waals surface area contributed by atoms with Crippen LogP contribution in [-0.2, 0) is 6.42 Å². The van der Waals surface area contributed by atoms with Gasteiger partial charge in [-0.1, -0.05) is 46.3 Å². The Labute approximate surface area is 119 Å². The van der Waals surface area contributed by atoms with Crippen LogP contribution in [0.3, 0.4) is 0 Å². The van der Waals surface area contributed by atoms with Crippen LogP contribution < -0.4 is 0 Å². The SMILES string of the molecule is OC(Cc1ccc(Br)cc1)c1cc2ccccc2o1. The standard InChI is InChI=1S/C16H13BrO2/c17-13-7-5-11(6-8-13)9-14(18)16-10-12-3-1-2-4-15(12)19-16/h1-8,10,14,18H,9H2. The van der Waals surface area contributed by atoms with Crippen molar-refractivity contribution in [2.24, 2.45) is 0 Å². The van der Waals surface area contributed by atoms with Crippen LogP contribution in [0.25, 0.3) is 11.0 Å². The van der Waals surface area contributed by atoms with E-state index in [4.69, 9.17) is 4.42 Å². The molecule has 3 rings (SSSR count). The van der Waals surface area contributed by atoms with E-state index >= 15 is 0 Å². The van der Waals surface area contributed by atoms with E-state index in [-0.39, 0.29) is 0 Å². The summed E-state index contributed by atoms with van der Waals surface area (Å²) in [6.45, 7) is 0. The molecule has 3 aromatic rings. The second-order valence-corrected chi connectivity index (χ2v) is 5.45. The Balaban J connectivity index is 1.83. The molecular formula is C16H13BrO2. The maximum atomic E-state index is 10.2. The monoisotopic (exact) mass is 316 g/mol. The Hall–Kier alpha value is -1.58. The molecule has 0 fully saturated rings. The number of hydrogen-bond donors (Lipinski definition) is 1. The van der Waals surface area contributed by atoms with E-state index in [0.717, 1.165) is 21.0 Å². The van der Waals surface area contributed by atoms with Gasteiger partial charge in [-0.15, -0.1) is 0 Å². The van der Waals surface area contributed by atoms with Crippen molar-refractivity contribution in [3.63, 3.8) is 0 Å². The van der Waals surface area contributed by atoms with Crippen LogP contribution in [0.1, 0.15) is 17.4 Å². The van der Waals surface area contributed by atoms with Crippen molar-refractivity contribution >= 4 is 26.9 Å². The zero-order chi connectivity index (χ0) is 13.2. The molecule has 1 unspecified atom stereocenters. The van der Waals surface area contributed by atoms with Gasteiger partial charge in [-0.3, -0.25) is 0 Å². The van der Waals surface area contributed by atoms with Gasteiger partial charge in [-0.25, -0.2) is 0 Å². The van der Waals surface area contributed by atoms with E-state index < -0.39 is 6.10 Å². The van der Waals surface area contributed by atoms with Gasteiger partial charge in [-0.2, -0.15) is 0 Å². The van der Waals surface area contributed by atoms with Crippen molar-refractivity contribution in [2.45, 2.75) is 12.5 Å². The van der Waals surface area contributed by atoms with E-state index in [1.165, 1.54) is 0 Å². The second kappa shape index (κ2) is 5.19. The summed E-state index contributed by atoms with van der Waals surface area (Å²) >= 11 is 3.40. The van der Waals surface area contributed by atoms with Crippen molar-refractivity contribution in [2.75, 3.05) is 0 Å². The minimum atomic E-state index is -0.617. The quantitative estimate of drug-likeness (QED) is 0.773. The number of halogens is 1. The number of fused-ring (bicyclic) bond motifs is 1. The molecule has 96 valence electrons. The molecule has 0 spiro atoms. The second-order valence-electron chi connectivity index (χ2n) is 4.53. The van der Waals surface area contributed by atoms with Crippen molar-refractivity contribution in [3.8, 4) is 0 Å². The minimum absolute atomic E-state index is 0.549. The summed E-state index contributed by atoms with van der Waals surface area (Å²) in [5.41, 5.74) is 1.89. The predicted octanol–water partition coefficient (Wildman–Crippen LogP) is 4.47. The Kier molecular flexibility index (Phi) is 3.40. The third kappa shape index (κ3) is 2.72. The molecule has 0 aliphatic carbocycles. The molecule has 2 aromatic carbocycles. The maximum absolute atomic E-state index is 10.2. The van der Waals surface area contributed by atoms with E-state index in [9.17, 15) is 5.11 Å². The van der Waals surface area contributed by atoms with Gasteiger partial charge < -0.3 is 9.52 Å². The zero-order valence-corrected chi connectivity index (χ0v) is 11.8. The number of aliphatic hydroxyl groups excluding tert-OH is 1. The molecule has 1 N–H and O–H groups in total. The van der Waals surface area contributed by atoms with Crippen molar-refractivity contribution in [1.29, 1.82) is 0 Å². The molecule has 19 heavy (non-hydrogen) atoms. The van der Waals surface area contributed by atoms with E-state index in [1.807, 2.05) is 54.6 Å². The lowest BCUT2D eigenvalue weighted by Crippen LogP contribution is -2.00. The van der Waals surface area contributed by atoms with Crippen LogP contribution in [0.2, 0.25) is 0 Å². The van der Waals surface area contributed by atoms with Gasteiger partial charge in [0.1, 0.15) is 17.4 Å². The molecule has 0 aliphatic heterocycles. The highest BCUT2D eigenvalue weighted by molar-refractivity contribution is 9.10. The summed E-state index contributed by atoms with van der Waals surface area (Å²) < 4.78 is 6.70. The van der Waals surface area contributed by atoms with E-state index in [1.54, 1.807) is 0 Å². The first kappa shape index (κ1) is 12.5. The van der Waals surface area contributed by atoms with Gasteiger partial charge in [0, 0.05) is 16.3 Å². The number of rotatable bonds is 3. The van der Waals surface area contributed by atoms with Crippen molar-refractivity contribution < 1.29 is 9.52 Å². The summed E-state index contributed by atoms with van der Waals surface area (Å²) in [5, 5.41) is 11.3. The van der Waals surface area contributed by atoms with Crippen molar-refractivity contribution in [3.05, 3.63) is 70.4 Å². The lowest BCUT2D eigenvalue weighted by atomic mass is 10.1. The number of benzene rings is 2. The average Bonchev–Trinajstić information content (AvgIpc) is 2.85. The number of hydrogen-bond acceptors (Lipinski definition) is 2. The third-order valence-electron chi connectivity index (χ3n) is 3.12. The molecule has 2 nitrogen and oxygen atoms in total. The Morgan fingerprint density at radius 1 is 1.05 bits per heavy atom. The fraction of sp³-hybridized carbons (Fsp3) is 0.125. The molecule has 1 aromatic heterocycles. The molecule has 0 radical (unpaired) electrons. The summed E-state index contributed by atoms with van der Waals surface area (Å²) in [6.07, 6.45) is -0.0683. The van der Waals surface area contributed by atoms with Gasteiger partial charge in [0.05, 0.1) is 0 Å². The summed E-state index contributed by atoms with van der Waals surface area (Å²) in [5.74, 6) is 0.615. The summed E-state index contributed by atoms with van der Waals surface area (Å²) in [7, 11) is 0. The van der Waals surface area contributed by atoms with Gasteiger partial charge in [-0.05, 0) is 29.8 Å².